The smallest absolute Gasteiger partial charge is 0.270 e. The highest BCUT2D eigenvalue weighted by molar-refractivity contribution is 7.10. The number of fused-ring (bicyclic) bond motifs is 1. The van der Waals surface area contributed by atoms with E-state index in [0.29, 0.717) is 16.9 Å². The predicted octanol–water partition coefficient (Wildman–Crippen LogP) is 4.05. The molecule has 0 aliphatic carbocycles. The number of carbonyl (C=O) groups excluding carboxylic acids is 1. The maximum Gasteiger partial charge on any atom is 0.270 e. The van der Waals surface area contributed by atoms with Crippen LogP contribution in [0.15, 0.2) is 35.7 Å². The Morgan fingerprint density at radius 3 is 2.89 bits per heavy atom. The van der Waals surface area contributed by atoms with Crippen LogP contribution in [0.3, 0.4) is 0 Å². The van der Waals surface area contributed by atoms with Gasteiger partial charge in [-0.05, 0) is 23.4 Å². The van der Waals surface area contributed by atoms with Crippen molar-refractivity contribution in [1.29, 1.82) is 0 Å². The standard InChI is InChI=1S/C19H20N2O5S/c1-12(2)18(16-4-3-7-27-16)20-17(22)6-5-13-8-15(21(23)24)9-14-10-25-11-26-19(13)14/h3-9,12,18H,10-11H2,1-2H3,(H,20,22)/b6-5+/t18-/m1/s1. The number of amides is 1. The van der Waals surface area contributed by atoms with E-state index >= 15 is 0 Å². The van der Waals surface area contributed by atoms with Crippen LogP contribution in [0.4, 0.5) is 5.69 Å². The quantitative estimate of drug-likeness (QED) is 0.458. The van der Waals surface area contributed by atoms with Crippen LogP contribution in [-0.4, -0.2) is 17.6 Å². The summed E-state index contributed by atoms with van der Waals surface area (Å²) in [6.45, 7) is 4.39. The normalized spacial score (nSPS) is 14.6. The average Bonchev–Trinajstić information content (AvgIpc) is 3.17. The Balaban J connectivity index is 1.81. The fourth-order valence-corrected chi connectivity index (χ4v) is 3.81. The number of rotatable bonds is 6. The molecule has 142 valence electrons. The number of non-ortho nitro benzene ring substituents is 1. The molecule has 7 nitrogen and oxygen atoms in total. The highest BCUT2D eigenvalue weighted by Crippen LogP contribution is 2.33. The van der Waals surface area contributed by atoms with Crippen molar-refractivity contribution < 1.29 is 19.2 Å². The third-order valence-electron chi connectivity index (χ3n) is 4.16. The van der Waals surface area contributed by atoms with Gasteiger partial charge in [-0.3, -0.25) is 14.9 Å². The molecular weight excluding hydrogens is 368 g/mol. The number of ether oxygens (including phenoxy) is 2. The van der Waals surface area contributed by atoms with E-state index in [-0.39, 0.29) is 37.0 Å². The van der Waals surface area contributed by atoms with Gasteiger partial charge in [0.25, 0.3) is 5.69 Å². The van der Waals surface area contributed by atoms with E-state index in [9.17, 15) is 14.9 Å². The first-order valence-corrected chi connectivity index (χ1v) is 9.37. The number of benzene rings is 1. The molecule has 27 heavy (non-hydrogen) atoms. The third kappa shape index (κ3) is 4.53. The Hall–Kier alpha value is -2.71. The van der Waals surface area contributed by atoms with Gasteiger partial charge in [-0.2, -0.15) is 0 Å². The average molecular weight is 388 g/mol. The van der Waals surface area contributed by atoms with Crippen molar-refractivity contribution >= 4 is 29.0 Å². The molecule has 1 aliphatic heterocycles. The van der Waals surface area contributed by atoms with E-state index in [0.717, 1.165) is 4.88 Å². The number of nitrogens with zero attached hydrogens (tertiary/aromatic N) is 1. The first-order valence-electron chi connectivity index (χ1n) is 8.49. The zero-order chi connectivity index (χ0) is 19.4. The van der Waals surface area contributed by atoms with E-state index in [2.05, 4.69) is 5.32 Å². The maximum atomic E-state index is 12.4. The van der Waals surface area contributed by atoms with E-state index < -0.39 is 4.92 Å². The number of thiophene rings is 1. The monoisotopic (exact) mass is 388 g/mol. The highest BCUT2D eigenvalue weighted by atomic mass is 32.1. The van der Waals surface area contributed by atoms with Crippen LogP contribution in [-0.2, 0) is 16.1 Å². The van der Waals surface area contributed by atoms with Crippen molar-refractivity contribution in [2.75, 3.05) is 6.79 Å². The molecule has 1 aliphatic rings. The van der Waals surface area contributed by atoms with E-state index in [1.54, 1.807) is 11.3 Å². The number of hydrogen-bond donors (Lipinski definition) is 1. The van der Waals surface area contributed by atoms with Gasteiger partial charge in [-0.1, -0.05) is 19.9 Å². The molecule has 1 atom stereocenters. The second-order valence-electron chi connectivity index (χ2n) is 6.47. The molecule has 2 heterocycles. The fourth-order valence-electron chi connectivity index (χ4n) is 2.86. The molecular formula is C19H20N2O5S. The van der Waals surface area contributed by atoms with Gasteiger partial charge in [0.15, 0.2) is 6.79 Å². The van der Waals surface area contributed by atoms with Gasteiger partial charge < -0.3 is 14.8 Å². The van der Waals surface area contributed by atoms with Gasteiger partial charge in [0, 0.05) is 34.2 Å². The first-order chi connectivity index (χ1) is 13.0. The van der Waals surface area contributed by atoms with E-state index in [4.69, 9.17) is 9.47 Å². The summed E-state index contributed by atoms with van der Waals surface area (Å²) in [7, 11) is 0. The summed E-state index contributed by atoms with van der Waals surface area (Å²) in [6.07, 6.45) is 2.92. The number of nitro groups is 1. The summed E-state index contributed by atoms with van der Waals surface area (Å²) in [5, 5.41) is 16.1. The molecule has 1 aromatic carbocycles. The summed E-state index contributed by atoms with van der Waals surface area (Å²) in [4.78, 5) is 24.2. The topological polar surface area (TPSA) is 90.7 Å². The van der Waals surface area contributed by atoms with Gasteiger partial charge in [-0.25, -0.2) is 0 Å². The van der Waals surface area contributed by atoms with Crippen molar-refractivity contribution in [1.82, 2.24) is 5.32 Å². The lowest BCUT2D eigenvalue weighted by Gasteiger charge is -2.21. The second kappa shape index (κ2) is 8.32. The van der Waals surface area contributed by atoms with Gasteiger partial charge in [0.2, 0.25) is 5.91 Å². The zero-order valence-corrected chi connectivity index (χ0v) is 15.8. The van der Waals surface area contributed by atoms with Crippen molar-refractivity contribution in [3.63, 3.8) is 0 Å². The molecule has 0 saturated carbocycles. The Morgan fingerprint density at radius 1 is 1.41 bits per heavy atom. The summed E-state index contributed by atoms with van der Waals surface area (Å²) in [5.41, 5.74) is 1.01. The summed E-state index contributed by atoms with van der Waals surface area (Å²) in [6, 6.07) is 6.67. The predicted molar refractivity (Wildman–Crippen MR) is 102 cm³/mol. The van der Waals surface area contributed by atoms with Crippen LogP contribution in [0, 0.1) is 16.0 Å². The van der Waals surface area contributed by atoms with Crippen LogP contribution in [0.2, 0.25) is 0 Å². The molecule has 1 amide bonds. The SMILES string of the molecule is CC(C)[C@@H](NC(=O)/C=C/c1cc([N+](=O)[O-])cc2c1OCOC2)c1cccs1. The molecule has 0 radical (unpaired) electrons. The van der Waals surface area contributed by atoms with E-state index in [1.165, 1.54) is 24.3 Å². The van der Waals surface area contributed by atoms with Crippen LogP contribution in [0.5, 0.6) is 5.75 Å². The number of nitrogens with one attached hydrogen (secondary N) is 1. The summed E-state index contributed by atoms with van der Waals surface area (Å²) in [5.74, 6) is 0.469. The maximum absolute atomic E-state index is 12.4. The van der Waals surface area contributed by atoms with Gasteiger partial charge in [0.1, 0.15) is 5.75 Å². The number of nitro benzene ring substituents is 1. The summed E-state index contributed by atoms with van der Waals surface area (Å²) >= 11 is 1.59. The lowest BCUT2D eigenvalue weighted by molar-refractivity contribution is -0.385. The lowest BCUT2D eigenvalue weighted by Crippen LogP contribution is -2.29. The number of carbonyl (C=O) groups is 1. The minimum absolute atomic E-state index is 0.0680. The molecule has 1 N–H and O–H groups in total. The molecule has 0 unspecified atom stereocenters. The zero-order valence-electron chi connectivity index (χ0n) is 15.0. The molecule has 3 rings (SSSR count). The van der Waals surface area contributed by atoms with Crippen molar-refractivity contribution in [2.45, 2.75) is 26.5 Å². The molecule has 8 heteroatoms. The van der Waals surface area contributed by atoms with Crippen LogP contribution >= 0.6 is 11.3 Å². The van der Waals surface area contributed by atoms with Crippen LogP contribution < -0.4 is 10.1 Å². The minimum Gasteiger partial charge on any atom is -0.467 e. The summed E-state index contributed by atoms with van der Waals surface area (Å²) < 4.78 is 10.7. The molecule has 0 saturated heterocycles. The Labute approximate surface area is 160 Å². The van der Waals surface area contributed by atoms with Crippen molar-refractivity contribution in [3.05, 3.63) is 61.8 Å². The van der Waals surface area contributed by atoms with Crippen LogP contribution in [0.1, 0.15) is 35.9 Å². The van der Waals surface area contributed by atoms with Gasteiger partial charge in [0.05, 0.1) is 17.6 Å². The largest absolute Gasteiger partial charge is 0.467 e. The Bertz CT molecular complexity index is 861. The van der Waals surface area contributed by atoms with Crippen molar-refractivity contribution in [3.8, 4) is 5.75 Å². The molecule has 0 fully saturated rings. The second-order valence-corrected chi connectivity index (χ2v) is 7.45. The van der Waals surface area contributed by atoms with Gasteiger partial charge >= 0.3 is 0 Å². The first kappa shape index (κ1) is 19.1. The minimum atomic E-state index is -0.474. The van der Waals surface area contributed by atoms with Gasteiger partial charge in [-0.15, -0.1) is 11.3 Å². The van der Waals surface area contributed by atoms with E-state index in [1.807, 2.05) is 31.4 Å². The third-order valence-corrected chi connectivity index (χ3v) is 5.12. The molecule has 2 aromatic rings. The fraction of sp³-hybridized carbons (Fsp3) is 0.316. The molecule has 0 bridgehead atoms. The lowest BCUT2D eigenvalue weighted by atomic mass is 10.0. The Morgan fingerprint density at radius 2 is 2.22 bits per heavy atom. The molecule has 0 spiro atoms. The van der Waals surface area contributed by atoms with Crippen LogP contribution in [0.25, 0.3) is 6.08 Å². The van der Waals surface area contributed by atoms with Crippen molar-refractivity contribution in [2.24, 2.45) is 5.92 Å². The molecule has 1 aromatic heterocycles. The highest BCUT2D eigenvalue weighted by Gasteiger charge is 2.21. The Kier molecular flexibility index (Phi) is 5.88. The number of hydrogen-bond acceptors (Lipinski definition) is 6.